The molecule has 32 heavy (non-hydrogen) atoms. The lowest BCUT2D eigenvalue weighted by Gasteiger charge is -2.35. The lowest BCUT2D eigenvalue weighted by atomic mass is 9.69. The molecular formula is C24H32ClN3O4. The Morgan fingerprint density at radius 3 is 2.34 bits per heavy atom. The summed E-state index contributed by atoms with van der Waals surface area (Å²) in [4.78, 5) is 41.6. The average molecular weight is 462 g/mol. The molecule has 1 saturated heterocycles. The highest BCUT2D eigenvalue weighted by Crippen LogP contribution is 2.46. The maximum Gasteiger partial charge on any atom is 0.247 e. The van der Waals surface area contributed by atoms with Crippen molar-refractivity contribution in [3.63, 3.8) is 0 Å². The van der Waals surface area contributed by atoms with Gasteiger partial charge >= 0.3 is 0 Å². The molecule has 0 unspecified atom stereocenters. The van der Waals surface area contributed by atoms with E-state index in [0.717, 1.165) is 0 Å². The molecule has 1 aliphatic heterocycles. The van der Waals surface area contributed by atoms with Gasteiger partial charge in [-0.3, -0.25) is 14.4 Å². The summed E-state index contributed by atoms with van der Waals surface area (Å²) >= 11 is 5.95. The fourth-order valence-corrected chi connectivity index (χ4v) is 5.21. The molecule has 6 atom stereocenters. The van der Waals surface area contributed by atoms with Crippen LogP contribution in [0.25, 0.3) is 0 Å². The summed E-state index contributed by atoms with van der Waals surface area (Å²) in [5, 5.41) is 16.2. The normalized spacial score (nSPS) is 27.9. The van der Waals surface area contributed by atoms with Gasteiger partial charge in [0.1, 0.15) is 6.04 Å². The van der Waals surface area contributed by atoms with Crippen LogP contribution in [0.3, 0.4) is 0 Å². The van der Waals surface area contributed by atoms with E-state index in [-0.39, 0.29) is 36.2 Å². The van der Waals surface area contributed by atoms with Crippen molar-refractivity contribution >= 4 is 35.0 Å². The summed E-state index contributed by atoms with van der Waals surface area (Å²) in [5.41, 5.74) is 0.564. The predicted octanol–water partition coefficient (Wildman–Crippen LogP) is 2.70. The Hall–Kier alpha value is -2.38. The van der Waals surface area contributed by atoms with E-state index in [4.69, 9.17) is 11.6 Å². The number of halogens is 1. The number of aliphatic hydroxyl groups excluding tert-OH is 1. The fraction of sp³-hybridized carbons (Fsp3) is 0.542. The van der Waals surface area contributed by atoms with E-state index < -0.39 is 29.8 Å². The Morgan fingerprint density at radius 1 is 1.16 bits per heavy atom. The SMILES string of the molecule is CC[C@@H]1C=C[C@H]2[C@H](C(=O)N([C@@H](CO)C(C)C)[C@@H]2C(=O)Nc2ccc(Cl)cc2)[C@@H]1C(=O)NC. The first-order chi connectivity index (χ1) is 15.2. The molecule has 8 heteroatoms. The summed E-state index contributed by atoms with van der Waals surface area (Å²) < 4.78 is 0. The number of benzene rings is 1. The number of anilines is 1. The van der Waals surface area contributed by atoms with Gasteiger partial charge in [0.05, 0.1) is 24.5 Å². The minimum Gasteiger partial charge on any atom is -0.394 e. The number of hydrogen-bond acceptors (Lipinski definition) is 4. The van der Waals surface area contributed by atoms with Crippen LogP contribution in [0.4, 0.5) is 5.69 Å². The number of carbonyl (C=O) groups excluding carboxylic acids is 3. The van der Waals surface area contributed by atoms with E-state index in [1.54, 1.807) is 31.3 Å². The molecule has 1 aromatic carbocycles. The summed E-state index contributed by atoms with van der Waals surface area (Å²) in [7, 11) is 1.56. The highest BCUT2D eigenvalue weighted by molar-refractivity contribution is 6.30. The number of carbonyl (C=O) groups is 3. The molecule has 2 aliphatic rings. The molecule has 0 bridgehead atoms. The van der Waals surface area contributed by atoms with Crippen LogP contribution >= 0.6 is 11.6 Å². The predicted molar refractivity (Wildman–Crippen MR) is 124 cm³/mol. The van der Waals surface area contributed by atoms with E-state index in [1.807, 2.05) is 32.9 Å². The van der Waals surface area contributed by atoms with Gasteiger partial charge in [0.15, 0.2) is 0 Å². The van der Waals surface area contributed by atoms with Gasteiger partial charge in [-0.1, -0.05) is 44.5 Å². The van der Waals surface area contributed by atoms with Gasteiger partial charge < -0.3 is 20.6 Å². The van der Waals surface area contributed by atoms with Gasteiger partial charge in [-0.25, -0.2) is 0 Å². The number of allylic oxidation sites excluding steroid dienone is 1. The van der Waals surface area contributed by atoms with Crippen molar-refractivity contribution in [2.24, 2.45) is 29.6 Å². The van der Waals surface area contributed by atoms with E-state index in [2.05, 4.69) is 10.6 Å². The quantitative estimate of drug-likeness (QED) is 0.543. The lowest BCUT2D eigenvalue weighted by molar-refractivity contribution is -0.143. The summed E-state index contributed by atoms with van der Waals surface area (Å²) in [5.74, 6) is -2.64. The molecular weight excluding hydrogens is 430 g/mol. The highest BCUT2D eigenvalue weighted by Gasteiger charge is 2.58. The van der Waals surface area contributed by atoms with Gasteiger partial charge in [0.2, 0.25) is 17.7 Å². The van der Waals surface area contributed by atoms with Crippen LogP contribution in [-0.4, -0.2) is 53.5 Å². The average Bonchev–Trinajstić information content (AvgIpc) is 3.06. The van der Waals surface area contributed by atoms with Crippen molar-refractivity contribution in [2.45, 2.75) is 39.3 Å². The van der Waals surface area contributed by atoms with Crippen LogP contribution in [0.1, 0.15) is 27.2 Å². The number of nitrogens with zero attached hydrogens (tertiary/aromatic N) is 1. The summed E-state index contributed by atoms with van der Waals surface area (Å²) in [6.45, 7) is 5.54. The van der Waals surface area contributed by atoms with Crippen molar-refractivity contribution in [2.75, 3.05) is 19.0 Å². The molecule has 1 heterocycles. The first-order valence-corrected chi connectivity index (χ1v) is 11.5. The fourth-order valence-electron chi connectivity index (χ4n) is 5.09. The van der Waals surface area contributed by atoms with Crippen molar-refractivity contribution in [1.29, 1.82) is 0 Å². The first-order valence-electron chi connectivity index (χ1n) is 11.1. The number of amides is 3. The van der Waals surface area contributed by atoms with E-state index >= 15 is 0 Å². The second-order valence-corrected chi connectivity index (χ2v) is 9.32. The van der Waals surface area contributed by atoms with Gasteiger partial charge in [-0.15, -0.1) is 0 Å². The molecule has 0 spiro atoms. The van der Waals surface area contributed by atoms with Crippen LogP contribution in [0, 0.1) is 29.6 Å². The molecule has 1 fully saturated rings. The van der Waals surface area contributed by atoms with Crippen LogP contribution < -0.4 is 10.6 Å². The molecule has 1 aliphatic carbocycles. The van der Waals surface area contributed by atoms with E-state index in [9.17, 15) is 19.5 Å². The molecule has 0 radical (unpaired) electrons. The Bertz CT molecular complexity index is 886. The monoisotopic (exact) mass is 461 g/mol. The second-order valence-electron chi connectivity index (χ2n) is 8.88. The molecule has 0 aromatic heterocycles. The summed E-state index contributed by atoms with van der Waals surface area (Å²) in [6, 6.07) is 5.38. The zero-order valence-corrected chi connectivity index (χ0v) is 19.7. The molecule has 174 valence electrons. The second kappa shape index (κ2) is 10.0. The minimum absolute atomic E-state index is 0.0701. The van der Waals surface area contributed by atoms with Crippen LogP contribution in [0.5, 0.6) is 0 Å². The largest absolute Gasteiger partial charge is 0.394 e. The Labute approximate surface area is 194 Å². The van der Waals surface area contributed by atoms with Gasteiger partial charge in [0.25, 0.3) is 0 Å². The Balaban J connectivity index is 2.04. The maximum absolute atomic E-state index is 13.8. The summed E-state index contributed by atoms with van der Waals surface area (Å²) in [6.07, 6.45) is 4.58. The molecule has 3 amide bonds. The van der Waals surface area contributed by atoms with E-state index in [1.165, 1.54) is 4.90 Å². The molecule has 3 rings (SSSR count). The number of rotatable bonds is 7. The zero-order valence-electron chi connectivity index (χ0n) is 18.9. The number of likely N-dealkylation sites (tertiary alicyclic amines) is 1. The van der Waals surface area contributed by atoms with Gasteiger partial charge in [-0.2, -0.15) is 0 Å². The van der Waals surface area contributed by atoms with E-state index in [0.29, 0.717) is 17.1 Å². The highest BCUT2D eigenvalue weighted by atomic mass is 35.5. The van der Waals surface area contributed by atoms with Gasteiger partial charge in [-0.05, 0) is 42.5 Å². The van der Waals surface area contributed by atoms with Crippen molar-refractivity contribution < 1.29 is 19.5 Å². The van der Waals surface area contributed by atoms with Crippen LogP contribution in [0.2, 0.25) is 5.02 Å². The minimum atomic E-state index is -0.830. The zero-order chi connectivity index (χ0) is 23.6. The smallest absolute Gasteiger partial charge is 0.247 e. The Kier molecular flexibility index (Phi) is 7.62. The van der Waals surface area contributed by atoms with Crippen molar-refractivity contribution in [1.82, 2.24) is 10.2 Å². The van der Waals surface area contributed by atoms with Crippen molar-refractivity contribution in [3.05, 3.63) is 41.4 Å². The number of aliphatic hydroxyl groups is 1. The van der Waals surface area contributed by atoms with Crippen molar-refractivity contribution in [3.8, 4) is 0 Å². The van der Waals surface area contributed by atoms with Crippen LogP contribution in [-0.2, 0) is 14.4 Å². The van der Waals surface area contributed by atoms with Crippen LogP contribution in [0.15, 0.2) is 36.4 Å². The molecule has 0 saturated carbocycles. The maximum atomic E-state index is 13.8. The Morgan fingerprint density at radius 2 is 1.81 bits per heavy atom. The molecule has 3 N–H and O–H groups in total. The first kappa shape index (κ1) is 24.3. The third-order valence-corrected chi connectivity index (χ3v) is 7.01. The third kappa shape index (κ3) is 4.41. The number of nitrogens with one attached hydrogen (secondary N) is 2. The third-order valence-electron chi connectivity index (χ3n) is 6.76. The number of hydrogen-bond donors (Lipinski definition) is 3. The molecule has 7 nitrogen and oxygen atoms in total. The standard InChI is InChI=1S/C24H32ClN3O4/c1-5-14-6-11-17-20(19(14)22(30)26-4)24(32)28(18(12-29)13(2)3)21(17)23(31)27-16-9-7-15(25)8-10-16/h6-11,13-14,17-21,29H,5,12H2,1-4H3,(H,26,30)(H,27,31)/t14-,17+,18+,19-,20+,21+/m1/s1. The molecule has 1 aromatic rings. The topological polar surface area (TPSA) is 98.7 Å². The number of fused-ring (bicyclic) bond motifs is 1. The van der Waals surface area contributed by atoms with Gasteiger partial charge in [0, 0.05) is 23.7 Å². The lowest BCUT2D eigenvalue weighted by Crippen LogP contribution is -2.52.